The molecule has 0 saturated carbocycles. The Morgan fingerprint density at radius 3 is 1.70 bits per heavy atom. The van der Waals surface area contributed by atoms with E-state index in [2.05, 4.69) is 10.1 Å². The number of hydrogen-bond acceptors (Lipinski definition) is 7. The van der Waals surface area contributed by atoms with Crippen molar-refractivity contribution in [2.24, 2.45) is 0 Å². The van der Waals surface area contributed by atoms with Gasteiger partial charge in [-0.3, -0.25) is 0 Å². The van der Waals surface area contributed by atoms with Gasteiger partial charge in [0.2, 0.25) is 19.7 Å². The Morgan fingerprint density at radius 2 is 1.20 bits per heavy atom. The largest absolute Gasteiger partial charge is 0.382 e. The van der Waals surface area contributed by atoms with Crippen LogP contribution in [0.4, 0.5) is 5.82 Å². The second-order valence-corrected chi connectivity index (χ2v) is 10.9. The molecule has 4 aromatic rings. The summed E-state index contributed by atoms with van der Waals surface area (Å²) in [7, 11) is -8.02. The minimum Gasteiger partial charge on any atom is -0.382 e. The fraction of sp³-hybridized carbons (Fsp3) is 0. The zero-order valence-corrected chi connectivity index (χ0v) is 18.0. The highest BCUT2D eigenvalue weighted by molar-refractivity contribution is 7.92. The molecule has 8 nitrogen and oxygen atoms in total. The second kappa shape index (κ2) is 7.24. The minimum atomic E-state index is -4.03. The number of benzene rings is 2. The maximum atomic E-state index is 13.0. The standard InChI is InChI=1S/C18H12Cl2N4O4S2/c19-11-1-5-13(6-2-11)29(25,26)15-9-22-18-16(10-23-24(18)17(15)21)30(27,28)14-7-3-12(20)4-8-14/h1-10H,21H2. The van der Waals surface area contributed by atoms with Crippen molar-refractivity contribution in [2.75, 3.05) is 5.73 Å². The van der Waals surface area contributed by atoms with E-state index in [-0.39, 0.29) is 31.0 Å². The molecule has 2 N–H and O–H groups in total. The van der Waals surface area contributed by atoms with Crippen molar-refractivity contribution in [1.29, 1.82) is 0 Å². The Balaban J connectivity index is 1.86. The number of fused-ring (bicyclic) bond motifs is 1. The first-order chi connectivity index (χ1) is 14.1. The molecule has 12 heteroatoms. The average molecular weight is 483 g/mol. The van der Waals surface area contributed by atoms with E-state index in [0.29, 0.717) is 10.0 Å². The summed E-state index contributed by atoms with van der Waals surface area (Å²) in [6, 6.07) is 11.1. The Morgan fingerprint density at radius 1 is 0.733 bits per heavy atom. The van der Waals surface area contributed by atoms with Crippen LogP contribution < -0.4 is 5.73 Å². The molecule has 2 heterocycles. The molecule has 0 aliphatic rings. The van der Waals surface area contributed by atoms with Crippen molar-refractivity contribution >= 4 is 54.3 Å². The van der Waals surface area contributed by atoms with Crippen molar-refractivity contribution in [2.45, 2.75) is 19.6 Å². The zero-order valence-electron chi connectivity index (χ0n) is 14.9. The lowest BCUT2D eigenvalue weighted by Gasteiger charge is -2.09. The van der Waals surface area contributed by atoms with E-state index >= 15 is 0 Å². The zero-order chi connectivity index (χ0) is 21.7. The number of nitrogen functional groups attached to an aromatic ring is 1. The molecular weight excluding hydrogens is 471 g/mol. The van der Waals surface area contributed by atoms with Crippen LogP contribution in [0.5, 0.6) is 0 Å². The molecule has 2 aromatic heterocycles. The Hall–Kier alpha value is -2.66. The fourth-order valence-corrected chi connectivity index (χ4v) is 5.66. The van der Waals surface area contributed by atoms with Crippen molar-refractivity contribution in [1.82, 2.24) is 14.6 Å². The lowest BCUT2D eigenvalue weighted by atomic mass is 10.4. The number of hydrogen-bond donors (Lipinski definition) is 1. The fourth-order valence-electron chi connectivity index (χ4n) is 2.79. The topological polar surface area (TPSA) is 124 Å². The maximum absolute atomic E-state index is 13.0. The molecule has 154 valence electrons. The molecule has 0 unspecified atom stereocenters. The summed E-state index contributed by atoms with van der Waals surface area (Å²) < 4.78 is 52.8. The first-order valence-corrected chi connectivity index (χ1v) is 12.0. The third kappa shape index (κ3) is 3.31. The molecule has 4 rings (SSSR count). The van der Waals surface area contributed by atoms with Crippen LogP contribution in [0.2, 0.25) is 10.0 Å². The van der Waals surface area contributed by atoms with Gasteiger partial charge in [-0.15, -0.1) is 0 Å². The summed E-state index contributed by atoms with van der Waals surface area (Å²) in [6.45, 7) is 0. The van der Waals surface area contributed by atoms with Crippen LogP contribution in [0.1, 0.15) is 0 Å². The lowest BCUT2D eigenvalue weighted by molar-refractivity contribution is 0.595. The average Bonchev–Trinajstić information content (AvgIpc) is 3.15. The number of aromatic nitrogens is 3. The molecule has 0 aliphatic carbocycles. The highest BCUT2D eigenvalue weighted by Gasteiger charge is 2.28. The molecule has 0 spiro atoms. The molecule has 0 aliphatic heterocycles. The van der Waals surface area contributed by atoms with Gasteiger partial charge in [0.15, 0.2) is 5.65 Å². The predicted octanol–water partition coefficient (Wildman–Crippen LogP) is 3.28. The SMILES string of the molecule is Nc1c(S(=O)(=O)c2ccc(Cl)cc2)cnc2c(S(=O)(=O)c3ccc(Cl)cc3)cnn12. The quantitative estimate of drug-likeness (QED) is 0.472. The van der Waals surface area contributed by atoms with E-state index in [9.17, 15) is 16.8 Å². The molecule has 30 heavy (non-hydrogen) atoms. The van der Waals surface area contributed by atoms with E-state index in [1.165, 1.54) is 48.5 Å². The molecule has 0 atom stereocenters. The molecule has 0 fully saturated rings. The van der Waals surface area contributed by atoms with Crippen molar-refractivity contribution < 1.29 is 16.8 Å². The highest BCUT2D eigenvalue weighted by Crippen LogP contribution is 2.30. The van der Waals surface area contributed by atoms with E-state index in [0.717, 1.165) is 16.9 Å². The van der Waals surface area contributed by atoms with Crippen LogP contribution in [0, 0.1) is 0 Å². The summed E-state index contributed by atoms with van der Waals surface area (Å²) in [5, 5.41) is 4.71. The summed E-state index contributed by atoms with van der Waals surface area (Å²) in [4.78, 5) is 3.45. The molecular formula is C18H12Cl2N4O4S2. The monoisotopic (exact) mass is 482 g/mol. The Labute approximate surface area is 181 Å². The molecule has 0 radical (unpaired) electrons. The van der Waals surface area contributed by atoms with Gasteiger partial charge in [0.1, 0.15) is 15.6 Å². The summed E-state index contributed by atoms with van der Waals surface area (Å²) in [5.41, 5.74) is 5.93. The van der Waals surface area contributed by atoms with Crippen LogP contribution in [-0.2, 0) is 19.7 Å². The lowest BCUT2D eigenvalue weighted by Crippen LogP contribution is -2.11. The minimum absolute atomic E-state index is 0.0139. The molecule has 0 saturated heterocycles. The third-order valence-electron chi connectivity index (χ3n) is 4.32. The van der Waals surface area contributed by atoms with E-state index < -0.39 is 19.7 Å². The number of rotatable bonds is 4. The van der Waals surface area contributed by atoms with Gasteiger partial charge < -0.3 is 5.73 Å². The maximum Gasteiger partial charge on any atom is 0.211 e. The molecule has 0 bridgehead atoms. The van der Waals surface area contributed by atoms with E-state index in [4.69, 9.17) is 28.9 Å². The number of halogens is 2. The van der Waals surface area contributed by atoms with Crippen LogP contribution in [0.15, 0.2) is 80.5 Å². The van der Waals surface area contributed by atoms with E-state index in [1.807, 2.05) is 0 Å². The van der Waals surface area contributed by atoms with Gasteiger partial charge in [-0.05, 0) is 48.5 Å². The van der Waals surface area contributed by atoms with Crippen LogP contribution >= 0.6 is 23.2 Å². The number of nitrogens with two attached hydrogens (primary N) is 1. The van der Waals surface area contributed by atoms with Crippen LogP contribution in [-0.4, -0.2) is 31.4 Å². The predicted molar refractivity (Wildman–Crippen MR) is 111 cm³/mol. The Bertz CT molecular complexity index is 1480. The summed E-state index contributed by atoms with van der Waals surface area (Å²) in [6.07, 6.45) is 2.08. The first-order valence-electron chi connectivity index (χ1n) is 8.26. The van der Waals surface area contributed by atoms with Gasteiger partial charge in [-0.25, -0.2) is 21.8 Å². The van der Waals surface area contributed by atoms with Gasteiger partial charge in [0.05, 0.1) is 22.2 Å². The van der Waals surface area contributed by atoms with Gasteiger partial charge >= 0.3 is 0 Å². The van der Waals surface area contributed by atoms with Gasteiger partial charge in [-0.1, -0.05) is 23.2 Å². The summed E-state index contributed by atoms with van der Waals surface area (Å²) >= 11 is 11.6. The van der Waals surface area contributed by atoms with E-state index in [1.54, 1.807) is 0 Å². The Kier molecular flexibility index (Phi) is 4.97. The van der Waals surface area contributed by atoms with Crippen LogP contribution in [0.25, 0.3) is 5.65 Å². The van der Waals surface area contributed by atoms with Crippen LogP contribution in [0.3, 0.4) is 0 Å². The van der Waals surface area contributed by atoms with Crippen molar-refractivity contribution in [3.05, 3.63) is 71.0 Å². The number of nitrogens with zero attached hydrogens (tertiary/aromatic N) is 3. The normalized spacial score (nSPS) is 12.3. The smallest absolute Gasteiger partial charge is 0.211 e. The van der Waals surface area contributed by atoms with Crippen molar-refractivity contribution in [3.8, 4) is 0 Å². The number of anilines is 1. The molecule has 2 aromatic carbocycles. The third-order valence-corrected chi connectivity index (χ3v) is 8.37. The second-order valence-electron chi connectivity index (χ2n) is 6.17. The highest BCUT2D eigenvalue weighted by atomic mass is 35.5. The summed E-state index contributed by atoms with van der Waals surface area (Å²) in [5.74, 6) is -0.271. The van der Waals surface area contributed by atoms with Gasteiger partial charge in [0, 0.05) is 10.0 Å². The molecule has 0 amide bonds. The van der Waals surface area contributed by atoms with Crippen molar-refractivity contribution in [3.63, 3.8) is 0 Å². The van der Waals surface area contributed by atoms with Gasteiger partial charge in [0.25, 0.3) is 0 Å². The first kappa shape index (κ1) is 20.6. The number of sulfone groups is 2. The van der Waals surface area contributed by atoms with Gasteiger partial charge in [-0.2, -0.15) is 9.61 Å².